The predicted molar refractivity (Wildman–Crippen MR) is 41.3 cm³/mol. The molecule has 2 atom stereocenters. The minimum absolute atomic E-state index is 0. The Morgan fingerprint density at radius 2 is 2.10 bits per heavy atom. The van der Waals surface area contributed by atoms with Gasteiger partial charge < -0.3 is 5.32 Å². The summed E-state index contributed by atoms with van der Waals surface area (Å²) in [4.78, 5) is 0. The Hall–Kier alpha value is 0.180. The third-order valence-electron chi connectivity index (χ3n) is 2.89. The predicted octanol–water partition coefficient (Wildman–Crippen LogP) is 1.52. The highest BCUT2D eigenvalue weighted by atomic mass is 35.5. The summed E-state index contributed by atoms with van der Waals surface area (Å²) in [7, 11) is 0. The van der Waals surface area contributed by atoms with Crippen molar-refractivity contribution in [2.24, 2.45) is 5.41 Å². The first-order chi connectivity index (χ1) is 4.16. The van der Waals surface area contributed by atoms with Gasteiger partial charge in [-0.3, -0.25) is 0 Å². The van der Waals surface area contributed by atoms with Crippen LogP contribution in [-0.2, 0) is 0 Å². The van der Waals surface area contributed by atoms with Crippen LogP contribution in [0.1, 0.15) is 19.8 Å². The standard InChI is InChI=1S/C7H12FN.ClH/c1-6(8)4-7(6)2-3-9-5-7;/h9H,2-5H2,1H3;1H. The molecule has 60 valence electrons. The number of hydrogen-bond donors (Lipinski definition) is 1. The van der Waals surface area contributed by atoms with E-state index in [0.717, 1.165) is 25.9 Å². The summed E-state index contributed by atoms with van der Waals surface area (Å²) >= 11 is 0. The number of hydrogen-bond acceptors (Lipinski definition) is 1. The van der Waals surface area contributed by atoms with Gasteiger partial charge in [-0.15, -0.1) is 12.4 Å². The summed E-state index contributed by atoms with van der Waals surface area (Å²) in [6.45, 7) is 3.64. The zero-order valence-corrected chi connectivity index (χ0v) is 6.93. The maximum Gasteiger partial charge on any atom is 0.116 e. The molecule has 2 unspecified atom stereocenters. The third kappa shape index (κ3) is 0.857. The SMILES string of the molecule is CC1(F)CC12CCNC2.Cl. The van der Waals surface area contributed by atoms with Crippen molar-refractivity contribution in [2.75, 3.05) is 13.1 Å². The van der Waals surface area contributed by atoms with Crippen LogP contribution in [0.25, 0.3) is 0 Å². The van der Waals surface area contributed by atoms with Crippen LogP contribution in [0.4, 0.5) is 4.39 Å². The van der Waals surface area contributed by atoms with Crippen molar-refractivity contribution in [1.82, 2.24) is 5.32 Å². The van der Waals surface area contributed by atoms with Crippen LogP contribution in [0.3, 0.4) is 0 Å². The fourth-order valence-electron chi connectivity index (χ4n) is 1.93. The Morgan fingerprint density at radius 3 is 2.30 bits per heavy atom. The fourth-order valence-corrected chi connectivity index (χ4v) is 1.93. The number of alkyl halides is 1. The Balaban J connectivity index is 0.000000500. The summed E-state index contributed by atoms with van der Waals surface area (Å²) in [5, 5.41) is 3.19. The Labute approximate surface area is 66.8 Å². The lowest BCUT2D eigenvalue weighted by atomic mass is 10.0. The van der Waals surface area contributed by atoms with Gasteiger partial charge >= 0.3 is 0 Å². The van der Waals surface area contributed by atoms with Crippen molar-refractivity contribution < 1.29 is 4.39 Å². The fraction of sp³-hybridized carbons (Fsp3) is 1.00. The molecule has 0 aromatic rings. The second-order valence-corrected chi connectivity index (χ2v) is 3.58. The first-order valence-corrected chi connectivity index (χ1v) is 3.56. The van der Waals surface area contributed by atoms with Crippen LogP contribution < -0.4 is 5.32 Å². The van der Waals surface area contributed by atoms with E-state index in [1.165, 1.54) is 0 Å². The monoisotopic (exact) mass is 165 g/mol. The second kappa shape index (κ2) is 2.08. The van der Waals surface area contributed by atoms with Gasteiger partial charge in [-0.1, -0.05) is 0 Å². The minimum Gasteiger partial charge on any atom is -0.316 e. The number of halogens is 2. The van der Waals surface area contributed by atoms with E-state index in [1.807, 2.05) is 0 Å². The molecular formula is C7H13ClFN. The molecule has 1 spiro atoms. The van der Waals surface area contributed by atoms with Crippen LogP contribution in [-0.4, -0.2) is 18.8 Å². The van der Waals surface area contributed by atoms with Crippen LogP contribution in [0.5, 0.6) is 0 Å². The molecule has 0 bridgehead atoms. The molecule has 2 rings (SSSR count). The molecule has 1 nitrogen and oxygen atoms in total. The quantitative estimate of drug-likeness (QED) is 0.574. The Bertz CT molecular complexity index is 135. The van der Waals surface area contributed by atoms with Gasteiger partial charge in [-0.2, -0.15) is 0 Å². The summed E-state index contributed by atoms with van der Waals surface area (Å²) in [5.74, 6) is 0. The molecule has 1 saturated heterocycles. The zero-order chi connectivity index (χ0) is 6.54. The van der Waals surface area contributed by atoms with Crippen molar-refractivity contribution in [3.8, 4) is 0 Å². The Morgan fingerprint density at radius 1 is 1.50 bits per heavy atom. The normalized spacial score (nSPS) is 51.0. The molecule has 1 saturated carbocycles. The van der Waals surface area contributed by atoms with Crippen molar-refractivity contribution >= 4 is 12.4 Å². The van der Waals surface area contributed by atoms with Crippen LogP contribution >= 0.6 is 12.4 Å². The van der Waals surface area contributed by atoms with E-state index < -0.39 is 5.67 Å². The lowest BCUT2D eigenvalue weighted by Crippen LogP contribution is -2.15. The van der Waals surface area contributed by atoms with E-state index in [4.69, 9.17) is 0 Å². The second-order valence-electron chi connectivity index (χ2n) is 3.58. The lowest BCUT2D eigenvalue weighted by Gasteiger charge is -2.06. The van der Waals surface area contributed by atoms with Gasteiger partial charge in [0.15, 0.2) is 0 Å². The average molecular weight is 166 g/mol. The minimum atomic E-state index is -0.837. The molecule has 2 fully saturated rings. The molecule has 10 heavy (non-hydrogen) atoms. The Kier molecular flexibility index (Phi) is 1.72. The van der Waals surface area contributed by atoms with E-state index in [2.05, 4.69) is 5.32 Å². The molecule has 3 heteroatoms. The van der Waals surface area contributed by atoms with Crippen LogP contribution in [0.2, 0.25) is 0 Å². The molecular weight excluding hydrogens is 153 g/mol. The van der Waals surface area contributed by atoms with Crippen molar-refractivity contribution in [2.45, 2.75) is 25.4 Å². The topological polar surface area (TPSA) is 12.0 Å². The van der Waals surface area contributed by atoms with Crippen molar-refractivity contribution in [1.29, 1.82) is 0 Å². The highest BCUT2D eigenvalue weighted by Crippen LogP contribution is 2.62. The van der Waals surface area contributed by atoms with E-state index in [0.29, 0.717) is 0 Å². The molecule has 1 aliphatic heterocycles. The van der Waals surface area contributed by atoms with Gasteiger partial charge in [-0.05, 0) is 26.3 Å². The molecule has 2 aliphatic rings. The first kappa shape index (κ1) is 8.28. The highest BCUT2D eigenvalue weighted by molar-refractivity contribution is 5.85. The van der Waals surface area contributed by atoms with Gasteiger partial charge in [0.2, 0.25) is 0 Å². The molecule has 0 aromatic carbocycles. The molecule has 1 heterocycles. The largest absolute Gasteiger partial charge is 0.316 e. The summed E-state index contributed by atoms with van der Waals surface area (Å²) < 4.78 is 13.1. The molecule has 1 N–H and O–H groups in total. The summed E-state index contributed by atoms with van der Waals surface area (Å²) in [6.07, 6.45) is 1.83. The first-order valence-electron chi connectivity index (χ1n) is 3.56. The molecule has 0 aromatic heterocycles. The summed E-state index contributed by atoms with van der Waals surface area (Å²) in [5.41, 5.74) is -0.774. The zero-order valence-electron chi connectivity index (χ0n) is 6.11. The lowest BCUT2D eigenvalue weighted by molar-refractivity contribution is 0.258. The maximum atomic E-state index is 13.1. The summed E-state index contributed by atoms with van der Waals surface area (Å²) in [6, 6.07) is 0. The molecule has 0 radical (unpaired) electrons. The van der Waals surface area contributed by atoms with Crippen molar-refractivity contribution in [3.05, 3.63) is 0 Å². The van der Waals surface area contributed by atoms with E-state index in [-0.39, 0.29) is 17.8 Å². The van der Waals surface area contributed by atoms with Gasteiger partial charge in [0.25, 0.3) is 0 Å². The van der Waals surface area contributed by atoms with Gasteiger partial charge in [0.1, 0.15) is 5.67 Å². The smallest absolute Gasteiger partial charge is 0.116 e. The average Bonchev–Trinajstić information content (AvgIpc) is 2.27. The third-order valence-corrected chi connectivity index (χ3v) is 2.89. The van der Waals surface area contributed by atoms with Gasteiger partial charge in [0, 0.05) is 12.0 Å². The number of rotatable bonds is 0. The molecule has 1 aliphatic carbocycles. The van der Waals surface area contributed by atoms with Gasteiger partial charge in [0.05, 0.1) is 0 Å². The van der Waals surface area contributed by atoms with Crippen LogP contribution in [0.15, 0.2) is 0 Å². The van der Waals surface area contributed by atoms with E-state index >= 15 is 0 Å². The maximum absolute atomic E-state index is 13.1. The number of nitrogens with one attached hydrogen (secondary N) is 1. The van der Waals surface area contributed by atoms with E-state index in [1.54, 1.807) is 6.92 Å². The van der Waals surface area contributed by atoms with Gasteiger partial charge in [-0.25, -0.2) is 4.39 Å². The van der Waals surface area contributed by atoms with E-state index in [9.17, 15) is 4.39 Å². The van der Waals surface area contributed by atoms with Crippen LogP contribution in [0, 0.1) is 5.41 Å². The highest BCUT2D eigenvalue weighted by Gasteiger charge is 2.66. The molecule has 0 amide bonds. The van der Waals surface area contributed by atoms with Crippen molar-refractivity contribution in [3.63, 3.8) is 0 Å².